The largest absolute Gasteiger partial charge is 0.497 e. The second-order valence-corrected chi connectivity index (χ2v) is 4.54. The number of nitrogens with zero attached hydrogens (tertiary/aromatic N) is 2. The molecule has 100 valence electrons. The van der Waals surface area contributed by atoms with Crippen molar-refractivity contribution < 1.29 is 14.4 Å². The van der Waals surface area contributed by atoms with Crippen LogP contribution in [0.25, 0.3) is 11.4 Å². The summed E-state index contributed by atoms with van der Waals surface area (Å²) in [5.74, 6) is 1.84. The minimum atomic E-state index is -0.346. The Balaban J connectivity index is 1.80. The Kier molecular flexibility index (Phi) is 3.18. The van der Waals surface area contributed by atoms with Crippen LogP contribution in [0.15, 0.2) is 28.8 Å². The molecule has 2 heterocycles. The predicted octanol–water partition coefficient (Wildman–Crippen LogP) is 1.14. The van der Waals surface area contributed by atoms with Crippen LogP contribution < -0.4 is 10.1 Å². The summed E-state index contributed by atoms with van der Waals surface area (Å²) >= 11 is 0. The van der Waals surface area contributed by atoms with Gasteiger partial charge in [0.05, 0.1) is 19.3 Å². The van der Waals surface area contributed by atoms with Crippen molar-refractivity contribution in [2.45, 2.75) is 18.6 Å². The Labute approximate surface area is 110 Å². The highest BCUT2D eigenvalue weighted by Crippen LogP contribution is 2.25. The van der Waals surface area contributed by atoms with Crippen molar-refractivity contribution in [2.75, 3.05) is 13.7 Å². The van der Waals surface area contributed by atoms with Crippen molar-refractivity contribution in [2.24, 2.45) is 0 Å². The van der Waals surface area contributed by atoms with Gasteiger partial charge in [-0.2, -0.15) is 4.98 Å². The number of ether oxygens (including phenoxy) is 1. The summed E-state index contributed by atoms with van der Waals surface area (Å²) in [6.45, 7) is 0.560. The zero-order valence-electron chi connectivity index (χ0n) is 10.5. The van der Waals surface area contributed by atoms with Crippen molar-refractivity contribution in [1.29, 1.82) is 0 Å². The van der Waals surface area contributed by atoms with E-state index >= 15 is 0 Å². The Morgan fingerprint density at radius 2 is 2.16 bits per heavy atom. The molecule has 6 heteroatoms. The smallest absolute Gasteiger partial charge is 0.244 e. The summed E-state index contributed by atoms with van der Waals surface area (Å²) in [4.78, 5) is 4.36. The SMILES string of the molecule is COc1ccc(-c2noc([C@@H]3C[C@@H](O)CN3)n2)cc1. The highest BCUT2D eigenvalue weighted by atomic mass is 16.5. The van der Waals surface area contributed by atoms with Gasteiger partial charge in [0.15, 0.2) is 0 Å². The zero-order valence-corrected chi connectivity index (χ0v) is 10.5. The molecule has 3 rings (SSSR count). The number of hydrogen-bond acceptors (Lipinski definition) is 6. The number of nitrogens with one attached hydrogen (secondary N) is 1. The van der Waals surface area contributed by atoms with Crippen molar-refractivity contribution in [1.82, 2.24) is 15.5 Å². The third kappa shape index (κ3) is 2.45. The van der Waals surface area contributed by atoms with E-state index in [0.29, 0.717) is 24.7 Å². The summed E-state index contributed by atoms with van der Waals surface area (Å²) in [5, 5.41) is 16.6. The molecule has 0 amide bonds. The third-order valence-corrected chi connectivity index (χ3v) is 3.20. The van der Waals surface area contributed by atoms with Crippen LogP contribution in [-0.4, -0.2) is 35.0 Å². The van der Waals surface area contributed by atoms with Gasteiger partial charge in [-0.25, -0.2) is 0 Å². The van der Waals surface area contributed by atoms with E-state index in [2.05, 4.69) is 15.5 Å². The lowest BCUT2D eigenvalue weighted by Gasteiger charge is -2.01. The van der Waals surface area contributed by atoms with E-state index in [1.54, 1.807) is 7.11 Å². The molecule has 1 aliphatic heterocycles. The Hall–Kier alpha value is -1.92. The minimum Gasteiger partial charge on any atom is -0.497 e. The van der Waals surface area contributed by atoms with Crippen LogP contribution >= 0.6 is 0 Å². The Bertz CT molecular complexity index is 553. The molecule has 2 atom stereocenters. The number of hydrogen-bond donors (Lipinski definition) is 2. The van der Waals surface area contributed by atoms with Gasteiger partial charge < -0.3 is 19.7 Å². The average Bonchev–Trinajstić information content (AvgIpc) is 3.07. The Morgan fingerprint density at radius 1 is 1.37 bits per heavy atom. The van der Waals surface area contributed by atoms with Gasteiger partial charge in [0, 0.05) is 12.1 Å². The number of aliphatic hydroxyl groups is 1. The molecule has 1 saturated heterocycles. The molecule has 0 spiro atoms. The molecular weight excluding hydrogens is 246 g/mol. The van der Waals surface area contributed by atoms with Crippen molar-refractivity contribution in [3.8, 4) is 17.1 Å². The van der Waals surface area contributed by atoms with Gasteiger partial charge >= 0.3 is 0 Å². The van der Waals surface area contributed by atoms with E-state index in [0.717, 1.165) is 11.3 Å². The van der Waals surface area contributed by atoms with Gasteiger partial charge in [-0.15, -0.1) is 0 Å². The zero-order chi connectivity index (χ0) is 13.2. The number of aromatic nitrogens is 2. The highest BCUT2D eigenvalue weighted by Gasteiger charge is 2.28. The lowest BCUT2D eigenvalue weighted by Crippen LogP contribution is -2.15. The third-order valence-electron chi connectivity index (χ3n) is 3.20. The maximum absolute atomic E-state index is 9.48. The fraction of sp³-hybridized carbons (Fsp3) is 0.385. The van der Waals surface area contributed by atoms with Crippen LogP contribution in [-0.2, 0) is 0 Å². The molecule has 0 aliphatic carbocycles. The lowest BCUT2D eigenvalue weighted by atomic mass is 10.2. The summed E-state index contributed by atoms with van der Waals surface area (Å²) in [6.07, 6.45) is 0.255. The van der Waals surface area contributed by atoms with Crippen LogP contribution in [0, 0.1) is 0 Å². The maximum Gasteiger partial charge on any atom is 0.244 e. The van der Waals surface area contributed by atoms with E-state index in [1.165, 1.54) is 0 Å². The number of aliphatic hydroxyl groups excluding tert-OH is 1. The molecular formula is C13H15N3O3. The Morgan fingerprint density at radius 3 is 2.79 bits per heavy atom. The summed E-state index contributed by atoms with van der Waals surface area (Å²) < 4.78 is 10.3. The van der Waals surface area contributed by atoms with Gasteiger partial charge in [-0.1, -0.05) is 5.16 Å². The maximum atomic E-state index is 9.48. The molecule has 19 heavy (non-hydrogen) atoms. The fourth-order valence-corrected chi connectivity index (χ4v) is 2.14. The van der Waals surface area contributed by atoms with Gasteiger partial charge in [0.2, 0.25) is 11.7 Å². The van der Waals surface area contributed by atoms with Gasteiger partial charge in [-0.05, 0) is 30.7 Å². The average molecular weight is 261 g/mol. The molecule has 6 nitrogen and oxygen atoms in total. The molecule has 0 saturated carbocycles. The molecule has 2 N–H and O–H groups in total. The molecule has 2 aromatic rings. The van der Waals surface area contributed by atoms with E-state index < -0.39 is 0 Å². The first-order valence-electron chi connectivity index (χ1n) is 6.16. The highest BCUT2D eigenvalue weighted by molar-refractivity contribution is 5.55. The van der Waals surface area contributed by atoms with Crippen molar-refractivity contribution in [3.05, 3.63) is 30.2 Å². The van der Waals surface area contributed by atoms with Crippen LogP contribution in [0.3, 0.4) is 0 Å². The van der Waals surface area contributed by atoms with Crippen molar-refractivity contribution in [3.63, 3.8) is 0 Å². The first kappa shape index (κ1) is 12.1. The quantitative estimate of drug-likeness (QED) is 0.862. The molecule has 0 bridgehead atoms. The second kappa shape index (κ2) is 4.99. The normalized spacial score (nSPS) is 22.6. The number of methoxy groups -OCH3 is 1. The number of rotatable bonds is 3. The lowest BCUT2D eigenvalue weighted by molar-refractivity contribution is 0.191. The molecule has 0 unspecified atom stereocenters. The predicted molar refractivity (Wildman–Crippen MR) is 67.7 cm³/mol. The van der Waals surface area contributed by atoms with E-state index in [-0.39, 0.29) is 12.1 Å². The van der Waals surface area contributed by atoms with Gasteiger partial charge in [0.1, 0.15) is 5.75 Å². The summed E-state index contributed by atoms with van der Waals surface area (Å²) in [6, 6.07) is 7.40. The van der Waals surface area contributed by atoms with Crippen LogP contribution in [0.1, 0.15) is 18.4 Å². The van der Waals surface area contributed by atoms with Gasteiger partial charge in [0.25, 0.3) is 0 Å². The van der Waals surface area contributed by atoms with Gasteiger partial charge in [-0.3, -0.25) is 0 Å². The molecule has 1 fully saturated rings. The fourth-order valence-electron chi connectivity index (χ4n) is 2.14. The standard InChI is InChI=1S/C13H15N3O3/c1-18-10-4-2-8(3-5-10)12-15-13(19-16-12)11-6-9(17)7-14-11/h2-5,9,11,14,17H,6-7H2,1H3/t9-,11+/m1/s1. The van der Waals surface area contributed by atoms with E-state index in [9.17, 15) is 5.11 Å². The molecule has 1 aliphatic rings. The first-order valence-corrected chi connectivity index (χ1v) is 6.16. The van der Waals surface area contributed by atoms with Crippen LogP contribution in [0.2, 0.25) is 0 Å². The van der Waals surface area contributed by atoms with E-state index in [4.69, 9.17) is 9.26 Å². The molecule has 0 radical (unpaired) electrons. The molecule has 1 aromatic carbocycles. The van der Waals surface area contributed by atoms with Crippen LogP contribution in [0.4, 0.5) is 0 Å². The first-order chi connectivity index (χ1) is 9.26. The van der Waals surface area contributed by atoms with E-state index in [1.807, 2.05) is 24.3 Å². The second-order valence-electron chi connectivity index (χ2n) is 4.54. The van der Waals surface area contributed by atoms with Crippen molar-refractivity contribution >= 4 is 0 Å². The van der Waals surface area contributed by atoms with Crippen LogP contribution in [0.5, 0.6) is 5.75 Å². The number of β-amino-alcohol motifs (C(OH)–C–C–N with tert-alkyl or cyclic N) is 1. The number of benzene rings is 1. The minimum absolute atomic E-state index is 0.0606. The topological polar surface area (TPSA) is 80.4 Å². The summed E-state index contributed by atoms with van der Waals surface area (Å²) in [7, 11) is 1.62. The summed E-state index contributed by atoms with van der Waals surface area (Å²) in [5.41, 5.74) is 0.870. The molecule has 1 aromatic heterocycles. The monoisotopic (exact) mass is 261 g/mol.